The van der Waals surface area contributed by atoms with Gasteiger partial charge in [0.05, 0.1) is 25.4 Å². The largest absolute Gasteiger partial charge is 0.461 e. The van der Waals surface area contributed by atoms with E-state index >= 15 is 0 Å². The molecule has 166 valence electrons. The van der Waals surface area contributed by atoms with E-state index in [1.54, 1.807) is 59.1 Å². The highest BCUT2D eigenvalue weighted by molar-refractivity contribution is 5.90. The predicted molar refractivity (Wildman–Crippen MR) is 115 cm³/mol. The molecule has 2 amide bonds. The number of hydrogen-bond acceptors (Lipinski definition) is 5. The van der Waals surface area contributed by atoms with Crippen LogP contribution in [0.2, 0.25) is 0 Å². The van der Waals surface area contributed by atoms with E-state index in [0.717, 1.165) is 5.56 Å². The summed E-state index contributed by atoms with van der Waals surface area (Å²) in [5, 5.41) is 7.13. The second kappa shape index (κ2) is 9.61. The van der Waals surface area contributed by atoms with Crippen LogP contribution >= 0.6 is 0 Å². The maximum absolute atomic E-state index is 13.2. The molecule has 0 aliphatic carbocycles. The van der Waals surface area contributed by atoms with Crippen molar-refractivity contribution < 1.29 is 23.5 Å². The van der Waals surface area contributed by atoms with Crippen LogP contribution in [-0.2, 0) is 9.47 Å². The number of aromatic nitrogens is 2. The third-order valence-electron chi connectivity index (χ3n) is 5.03. The number of ether oxygens (including phenoxy) is 2. The van der Waals surface area contributed by atoms with Gasteiger partial charge >= 0.3 is 12.0 Å². The van der Waals surface area contributed by atoms with Crippen molar-refractivity contribution in [2.45, 2.75) is 13.0 Å². The summed E-state index contributed by atoms with van der Waals surface area (Å²) in [7, 11) is 0. The van der Waals surface area contributed by atoms with E-state index < -0.39 is 5.97 Å². The monoisotopic (exact) mass is 438 g/mol. The molecule has 8 nitrogen and oxygen atoms in total. The fraction of sp³-hybridized carbons (Fsp3) is 0.261. The molecule has 1 aromatic heterocycles. The summed E-state index contributed by atoms with van der Waals surface area (Å²) in [6, 6.07) is 14.6. The van der Waals surface area contributed by atoms with Crippen LogP contribution in [0, 0.1) is 5.82 Å². The minimum Gasteiger partial charge on any atom is -0.461 e. The van der Waals surface area contributed by atoms with E-state index in [0.29, 0.717) is 31.1 Å². The number of benzene rings is 2. The summed E-state index contributed by atoms with van der Waals surface area (Å²) >= 11 is 0. The van der Waals surface area contributed by atoms with Crippen molar-refractivity contribution in [3.8, 4) is 5.69 Å². The van der Waals surface area contributed by atoms with Gasteiger partial charge in [0.25, 0.3) is 0 Å². The first kappa shape index (κ1) is 21.5. The van der Waals surface area contributed by atoms with Crippen molar-refractivity contribution >= 4 is 17.7 Å². The molecular weight excluding hydrogens is 415 g/mol. The van der Waals surface area contributed by atoms with Gasteiger partial charge in [0.15, 0.2) is 5.69 Å². The number of nitrogens with zero attached hydrogens (tertiary/aromatic N) is 3. The average Bonchev–Trinajstić information content (AvgIpc) is 3.31. The maximum Gasteiger partial charge on any atom is 0.358 e. The van der Waals surface area contributed by atoms with Crippen molar-refractivity contribution in [3.05, 3.63) is 77.9 Å². The molecule has 0 saturated carbocycles. The molecule has 1 aliphatic rings. The van der Waals surface area contributed by atoms with Gasteiger partial charge in [-0.2, -0.15) is 5.10 Å². The highest BCUT2D eigenvalue weighted by Gasteiger charge is 2.25. The van der Waals surface area contributed by atoms with Gasteiger partial charge < -0.3 is 19.7 Å². The summed E-state index contributed by atoms with van der Waals surface area (Å²) < 4.78 is 25.4. The molecule has 32 heavy (non-hydrogen) atoms. The number of anilines is 1. The van der Waals surface area contributed by atoms with Crippen LogP contribution in [0.25, 0.3) is 5.69 Å². The predicted octanol–water partition coefficient (Wildman–Crippen LogP) is 3.79. The first-order chi connectivity index (χ1) is 15.5. The van der Waals surface area contributed by atoms with Crippen LogP contribution in [0.5, 0.6) is 0 Å². The lowest BCUT2D eigenvalue weighted by molar-refractivity contribution is -0.0135. The first-order valence-electron chi connectivity index (χ1n) is 10.3. The molecule has 0 unspecified atom stereocenters. The number of amides is 2. The molecule has 1 N–H and O–H groups in total. The molecule has 2 heterocycles. The SMILES string of the molecule is CCOC(=O)c1ccn(-c2cccc(NC(=O)N3CCO[C@H](c4ccc(F)cc4)C3)c2)n1. The van der Waals surface area contributed by atoms with Crippen LogP contribution in [0.4, 0.5) is 14.9 Å². The Balaban J connectivity index is 1.42. The highest BCUT2D eigenvalue weighted by atomic mass is 19.1. The van der Waals surface area contributed by atoms with Crippen molar-refractivity contribution in [2.75, 3.05) is 31.6 Å². The van der Waals surface area contributed by atoms with Gasteiger partial charge in [0, 0.05) is 18.4 Å². The quantitative estimate of drug-likeness (QED) is 0.613. The molecule has 1 aliphatic heterocycles. The molecule has 2 aromatic carbocycles. The highest BCUT2D eigenvalue weighted by Crippen LogP contribution is 2.23. The maximum atomic E-state index is 13.2. The number of esters is 1. The van der Waals surface area contributed by atoms with Gasteiger partial charge in [-0.15, -0.1) is 0 Å². The third kappa shape index (κ3) is 4.94. The number of carbonyl (C=O) groups is 2. The van der Waals surface area contributed by atoms with Gasteiger partial charge in [-0.3, -0.25) is 0 Å². The van der Waals surface area contributed by atoms with Crippen LogP contribution in [0.3, 0.4) is 0 Å². The minimum atomic E-state index is -0.487. The molecule has 1 saturated heterocycles. The number of halogens is 1. The topological polar surface area (TPSA) is 85.7 Å². The van der Waals surface area contributed by atoms with Gasteiger partial charge in [-0.25, -0.2) is 18.7 Å². The Morgan fingerprint density at radius 2 is 2.03 bits per heavy atom. The molecule has 4 rings (SSSR count). The van der Waals surface area contributed by atoms with Crippen LogP contribution < -0.4 is 5.32 Å². The zero-order chi connectivity index (χ0) is 22.5. The molecule has 0 radical (unpaired) electrons. The Bertz CT molecular complexity index is 1100. The zero-order valence-corrected chi connectivity index (χ0v) is 17.5. The minimum absolute atomic E-state index is 0.210. The van der Waals surface area contributed by atoms with Crippen molar-refractivity contribution in [2.24, 2.45) is 0 Å². The fourth-order valence-electron chi connectivity index (χ4n) is 3.42. The lowest BCUT2D eigenvalue weighted by Crippen LogP contribution is -2.44. The molecule has 0 spiro atoms. The van der Waals surface area contributed by atoms with Crippen molar-refractivity contribution in [3.63, 3.8) is 0 Å². The Labute approximate surface area is 184 Å². The van der Waals surface area contributed by atoms with Gasteiger partial charge in [-0.05, 0) is 48.9 Å². The van der Waals surface area contributed by atoms with Crippen molar-refractivity contribution in [1.29, 1.82) is 0 Å². The number of rotatable bonds is 5. The van der Waals surface area contributed by atoms with Gasteiger partial charge in [-0.1, -0.05) is 18.2 Å². The Kier molecular flexibility index (Phi) is 6.46. The van der Waals surface area contributed by atoms with E-state index in [9.17, 15) is 14.0 Å². The third-order valence-corrected chi connectivity index (χ3v) is 5.03. The fourth-order valence-corrected chi connectivity index (χ4v) is 3.42. The molecular formula is C23H23FN4O4. The zero-order valence-electron chi connectivity index (χ0n) is 17.5. The summed E-state index contributed by atoms with van der Waals surface area (Å²) in [6.45, 7) is 3.21. The lowest BCUT2D eigenvalue weighted by Gasteiger charge is -2.33. The summed E-state index contributed by atoms with van der Waals surface area (Å²) in [5.41, 5.74) is 2.30. The van der Waals surface area contributed by atoms with Gasteiger partial charge in [0.1, 0.15) is 11.9 Å². The number of hydrogen-bond donors (Lipinski definition) is 1. The lowest BCUT2D eigenvalue weighted by atomic mass is 10.1. The number of morpholine rings is 1. The second-order valence-corrected chi connectivity index (χ2v) is 7.20. The first-order valence-corrected chi connectivity index (χ1v) is 10.3. The average molecular weight is 438 g/mol. The van der Waals surface area contributed by atoms with E-state index in [1.807, 2.05) is 6.07 Å². The molecule has 1 atom stereocenters. The van der Waals surface area contributed by atoms with E-state index in [1.165, 1.54) is 12.1 Å². The Morgan fingerprint density at radius 1 is 1.22 bits per heavy atom. The van der Waals surface area contributed by atoms with Crippen LogP contribution in [0.1, 0.15) is 29.1 Å². The number of urea groups is 1. The molecule has 3 aromatic rings. The second-order valence-electron chi connectivity index (χ2n) is 7.20. The van der Waals surface area contributed by atoms with Crippen LogP contribution in [0.15, 0.2) is 60.8 Å². The van der Waals surface area contributed by atoms with E-state index in [2.05, 4.69) is 10.4 Å². The number of carbonyl (C=O) groups excluding carboxylic acids is 2. The summed E-state index contributed by atoms with van der Waals surface area (Å²) in [4.78, 5) is 26.3. The smallest absolute Gasteiger partial charge is 0.358 e. The van der Waals surface area contributed by atoms with Crippen molar-refractivity contribution in [1.82, 2.24) is 14.7 Å². The molecule has 0 bridgehead atoms. The Hall–Kier alpha value is -3.72. The summed E-state index contributed by atoms with van der Waals surface area (Å²) in [5.74, 6) is -0.802. The van der Waals surface area contributed by atoms with E-state index in [4.69, 9.17) is 9.47 Å². The molecule has 9 heteroatoms. The molecule has 1 fully saturated rings. The standard InChI is InChI=1S/C23H23FN4O4/c1-2-31-22(29)20-10-11-28(26-20)19-5-3-4-18(14-19)25-23(30)27-12-13-32-21(15-27)16-6-8-17(24)9-7-16/h3-11,14,21H,2,12-13,15H2,1H3,(H,25,30)/t21-/m0/s1. The van der Waals surface area contributed by atoms with Gasteiger partial charge in [0.2, 0.25) is 0 Å². The Morgan fingerprint density at radius 3 is 2.81 bits per heavy atom. The van der Waals surface area contributed by atoms with Crippen LogP contribution in [-0.4, -0.2) is 53.0 Å². The number of nitrogens with one attached hydrogen (secondary N) is 1. The summed E-state index contributed by atoms with van der Waals surface area (Å²) in [6.07, 6.45) is 1.34. The normalized spacial score (nSPS) is 15.9. The van der Waals surface area contributed by atoms with E-state index in [-0.39, 0.29) is 30.3 Å².